The summed E-state index contributed by atoms with van der Waals surface area (Å²) < 4.78 is 2.60. The van der Waals surface area contributed by atoms with Crippen LogP contribution in [0.5, 0.6) is 5.75 Å². The number of H-pyrrole nitrogens is 1. The highest BCUT2D eigenvalue weighted by Crippen LogP contribution is 2.25. The Morgan fingerprint density at radius 2 is 1.82 bits per heavy atom. The molecule has 0 bridgehead atoms. The molecule has 1 aromatic carbocycles. The van der Waals surface area contributed by atoms with Crippen molar-refractivity contribution in [2.75, 3.05) is 0 Å². The predicted molar refractivity (Wildman–Crippen MR) is 69.7 cm³/mol. The van der Waals surface area contributed by atoms with Crippen molar-refractivity contribution in [3.8, 4) is 17.0 Å². The summed E-state index contributed by atoms with van der Waals surface area (Å²) in [6.07, 6.45) is 1.93. The molecule has 0 aliphatic carbocycles. The van der Waals surface area contributed by atoms with E-state index in [1.54, 1.807) is 12.1 Å². The molecule has 0 unspecified atom stereocenters. The third-order valence-corrected chi connectivity index (χ3v) is 3.02. The second-order valence-electron chi connectivity index (χ2n) is 3.81. The lowest BCUT2D eigenvalue weighted by atomic mass is 10.1. The molecule has 3 rings (SSSR count). The first kappa shape index (κ1) is 10.1. The maximum absolute atomic E-state index is 9.29. The number of aromatic hydroxyl groups is 1. The number of aromatic nitrogens is 2. The van der Waals surface area contributed by atoms with Crippen LogP contribution in [0.15, 0.2) is 48.7 Å². The zero-order valence-electron chi connectivity index (χ0n) is 8.92. The Hall–Kier alpha value is -2.07. The van der Waals surface area contributed by atoms with E-state index in [0.29, 0.717) is 4.77 Å². The molecule has 0 saturated carbocycles. The molecule has 0 saturated heterocycles. The van der Waals surface area contributed by atoms with E-state index in [4.69, 9.17) is 12.2 Å². The maximum atomic E-state index is 9.29. The standard InChI is InChI=1S/C13H10N2OS/c16-10-6-4-9(5-7-10)12-11-3-1-2-8-15(11)13(17)14-12/h1-8,16H,(H,14,17). The molecule has 0 amide bonds. The number of hydrogen-bond acceptors (Lipinski definition) is 2. The molecule has 4 heteroatoms. The molecule has 3 nitrogen and oxygen atoms in total. The molecule has 0 aliphatic heterocycles. The van der Waals surface area contributed by atoms with E-state index in [-0.39, 0.29) is 5.75 Å². The molecule has 0 spiro atoms. The number of imidazole rings is 1. The summed E-state index contributed by atoms with van der Waals surface area (Å²) in [5.74, 6) is 0.260. The van der Waals surface area contributed by atoms with E-state index in [1.807, 2.05) is 40.9 Å². The minimum absolute atomic E-state index is 0.260. The van der Waals surface area contributed by atoms with Gasteiger partial charge in [0.25, 0.3) is 0 Å². The second-order valence-corrected chi connectivity index (χ2v) is 4.19. The van der Waals surface area contributed by atoms with Crippen molar-refractivity contribution < 1.29 is 5.11 Å². The summed E-state index contributed by atoms with van der Waals surface area (Å²) >= 11 is 5.26. The SMILES string of the molecule is Oc1ccc(-c2[nH]c(=S)n3ccccc23)cc1. The molecule has 3 aromatic rings. The fourth-order valence-corrected chi connectivity index (χ4v) is 2.16. The monoisotopic (exact) mass is 242 g/mol. The molecule has 0 radical (unpaired) electrons. The first-order valence-corrected chi connectivity index (χ1v) is 5.65. The number of rotatable bonds is 1. The number of pyridine rings is 1. The smallest absolute Gasteiger partial charge is 0.182 e. The largest absolute Gasteiger partial charge is 0.508 e. The Morgan fingerprint density at radius 3 is 2.59 bits per heavy atom. The Kier molecular flexibility index (Phi) is 2.23. The van der Waals surface area contributed by atoms with Crippen LogP contribution < -0.4 is 0 Å². The van der Waals surface area contributed by atoms with E-state index in [1.165, 1.54) is 0 Å². The fraction of sp³-hybridized carbons (Fsp3) is 0. The predicted octanol–water partition coefficient (Wildman–Crippen LogP) is 3.37. The van der Waals surface area contributed by atoms with Crippen LogP contribution in [0.2, 0.25) is 0 Å². The Morgan fingerprint density at radius 1 is 1.06 bits per heavy atom. The molecule has 0 atom stereocenters. The number of nitrogens with one attached hydrogen (secondary N) is 1. The van der Waals surface area contributed by atoms with Crippen molar-refractivity contribution in [3.05, 3.63) is 53.4 Å². The van der Waals surface area contributed by atoms with Gasteiger partial charge in [0.05, 0.1) is 11.2 Å². The van der Waals surface area contributed by atoms with Crippen LogP contribution in [-0.2, 0) is 0 Å². The minimum Gasteiger partial charge on any atom is -0.508 e. The van der Waals surface area contributed by atoms with Gasteiger partial charge in [-0.25, -0.2) is 0 Å². The fourth-order valence-electron chi connectivity index (χ4n) is 1.90. The van der Waals surface area contributed by atoms with Gasteiger partial charge in [-0.2, -0.15) is 0 Å². The van der Waals surface area contributed by atoms with Crippen molar-refractivity contribution in [1.82, 2.24) is 9.38 Å². The lowest BCUT2D eigenvalue weighted by Gasteiger charge is -1.99. The van der Waals surface area contributed by atoms with Crippen molar-refractivity contribution >= 4 is 17.7 Å². The van der Waals surface area contributed by atoms with Crippen LogP contribution in [0.25, 0.3) is 16.8 Å². The lowest BCUT2D eigenvalue weighted by molar-refractivity contribution is 0.475. The van der Waals surface area contributed by atoms with Gasteiger partial charge in [-0.15, -0.1) is 0 Å². The first-order chi connectivity index (χ1) is 8.25. The number of fused-ring (bicyclic) bond motifs is 1. The van der Waals surface area contributed by atoms with Crippen molar-refractivity contribution in [2.24, 2.45) is 0 Å². The molecule has 84 valence electrons. The molecule has 0 aliphatic rings. The second kappa shape index (κ2) is 3.75. The lowest BCUT2D eigenvalue weighted by Crippen LogP contribution is -1.81. The van der Waals surface area contributed by atoms with Gasteiger partial charge in [0, 0.05) is 11.8 Å². The summed E-state index contributed by atoms with van der Waals surface area (Å²) in [6, 6.07) is 13.0. The summed E-state index contributed by atoms with van der Waals surface area (Å²) in [5, 5.41) is 9.29. The molecule has 2 N–H and O–H groups in total. The van der Waals surface area contributed by atoms with Crippen LogP contribution in [0.3, 0.4) is 0 Å². The molecule has 2 heterocycles. The van der Waals surface area contributed by atoms with E-state index in [2.05, 4.69) is 4.98 Å². The first-order valence-electron chi connectivity index (χ1n) is 5.24. The van der Waals surface area contributed by atoms with E-state index in [0.717, 1.165) is 16.8 Å². The Labute approximate surface area is 103 Å². The highest BCUT2D eigenvalue weighted by Gasteiger charge is 2.06. The summed E-state index contributed by atoms with van der Waals surface area (Å²) in [7, 11) is 0. The zero-order valence-corrected chi connectivity index (χ0v) is 9.74. The average Bonchev–Trinajstić information content (AvgIpc) is 2.69. The van der Waals surface area contributed by atoms with Crippen LogP contribution in [0.1, 0.15) is 0 Å². The van der Waals surface area contributed by atoms with Crippen molar-refractivity contribution in [3.63, 3.8) is 0 Å². The molecular weight excluding hydrogens is 232 g/mol. The zero-order chi connectivity index (χ0) is 11.8. The van der Waals surface area contributed by atoms with Gasteiger partial charge in [0.15, 0.2) is 4.77 Å². The van der Waals surface area contributed by atoms with Crippen LogP contribution >= 0.6 is 12.2 Å². The van der Waals surface area contributed by atoms with E-state index < -0.39 is 0 Å². The summed E-state index contributed by atoms with van der Waals surface area (Å²) in [6.45, 7) is 0. The van der Waals surface area contributed by atoms with Gasteiger partial charge in [-0.05, 0) is 48.6 Å². The normalized spacial score (nSPS) is 10.8. The topological polar surface area (TPSA) is 40.4 Å². The molecule has 17 heavy (non-hydrogen) atoms. The molecule has 0 fully saturated rings. The van der Waals surface area contributed by atoms with E-state index >= 15 is 0 Å². The number of phenolic OH excluding ortho intramolecular Hbond substituents is 1. The number of aromatic amines is 1. The molecule has 2 aromatic heterocycles. The number of hydrogen-bond donors (Lipinski definition) is 2. The third kappa shape index (κ3) is 1.62. The van der Waals surface area contributed by atoms with Crippen molar-refractivity contribution in [1.29, 1.82) is 0 Å². The third-order valence-electron chi connectivity index (χ3n) is 2.72. The number of nitrogens with zero attached hydrogens (tertiary/aromatic N) is 1. The van der Waals surface area contributed by atoms with Crippen molar-refractivity contribution in [2.45, 2.75) is 0 Å². The Bertz CT molecular complexity index is 725. The van der Waals surface area contributed by atoms with Gasteiger partial charge in [-0.3, -0.25) is 4.40 Å². The van der Waals surface area contributed by atoms with Gasteiger partial charge in [-0.1, -0.05) is 6.07 Å². The van der Waals surface area contributed by atoms with E-state index in [9.17, 15) is 5.11 Å². The van der Waals surface area contributed by atoms with Crippen LogP contribution in [0, 0.1) is 4.77 Å². The van der Waals surface area contributed by atoms with Gasteiger partial charge in [0.1, 0.15) is 5.75 Å². The summed E-state index contributed by atoms with van der Waals surface area (Å²) in [5.41, 5.74) is 3.00. The quantitative estimate of drug-likeness (QED) is 0.642. The van der Waals surface area contributed by atoms with Crippen LogP contribution in [0.4, 0.5) is 0 Å². The van der Waals surface area contributed by atoms with Gasteiger partial charge in [0.2, 0.25) is 0 Å². The number of phenols is 1. The average molecular weight is 242 g/mol. The van der Waals surface area contributed by atoms with Gasteiger partial charge >= 0.3 is 0 Å². The highest BCUT2D eigenvalue weighted by molar-refractivity contribution is 7.71. The minimum atomic E-state index is 0.260. The number of benzene rings is 1. The van der Waals surface area contributed by atoms with Gasteiger partial charge < -0.3 is 10.1 Å². The molecular formula is C13H10N2OS. The summed E-state index contributed by atoms with van der Waals surface area (Å²) in [4.78, 5) is 3.18. The van der Waals surface area contributed by atoms with Crippen LogP contribution in [-0.4, -0.2) is 14.5 Å². The Balaban J connectivity index is 2.31. The highest BCUT2D eigenvalue weighted by atomic mass is 32.1. The maximum Gasteiger partial charge on any atom is 0.182 e.